The normalized spacial score (nSPS) is 17.7. The summed E-state index contributed by atoms with van der Waals surface area (Å²) in [5.74, 6) is 1.95. The van der Waals surface area contributed by atoms with E-state index in [0.29, 0.717) is 36.5 Å². The molecule has 0 amide bonds. The number of hydrogen-bond donors (Lipinski definition) is 0. The molecule has 2 heterocycles. The molecule has 6 nitrogen and oxygen atoms in total. The van der Waals surface area contributed by atoms with E-state index < -0.39 is 25.2 Å². The van der Waals surface area contributed by atoms with Gasteiger partial charge in [-0.05, 0) is 163 Å². The molecule has 9 heteroatoms. The minimum atomic E-state index is -2.30. The number of rotatable bonds is 38. The molecule has 2 fully saturated rings. The highest BCUT2D eigenvalue weighted by atomic mass is 28.5. The molecule has 4 rings (SSSR count). The van der Waals surface area contributed by atoms with Crippen LogP contribution in [0.4, 0.5) is 0 Å². The van der Waals surface area contributed by atoms with Crippen molar-refractivity contribution in [2.24, 2.45) is 0 Å². The Bertz CT molecular complexity index is 1450. The highest BCUT2D eigenvalue weighted by Gasteiger charge is 2.44. The van der Waals surface area contributed by atoms with Gasteiger partial charge in [0.25, 0.3) is 0 Å². The molecule has 356 valence electrons. The fourth-order valence-corrected chi connectivity index (χ4v) is 25.1. The monoisotopic (exact) mass is 921 g/mol. The van der Waals surface area contributed by atoms with Crippen molar-refractivity contribution >= 4 is 25.2 Å². The summed E-state index contributed by atoms with van der Waals surface area (Å²) in [7, 11) is -6.21. The lowest BCUT2D eigenvalue weighted by Gasteiger charge is -2.44. The minimum absolute atomic E-state index is 0.305. The largest absolute Gasteiger partial charge is 0.491 e. The Balaban J connectivity index is 1.05. The predicted octanol–water partition coefficient (Wildman–Crippen LogP) is 15.9. The van der Waals surface area contributed by atoms with E-state index in [-0.39, 0.29) is 0 Å². The quantitative estimate of drug-likeness (QED) is 0.0289. The van der Waals surface area contributed by atoms with Gasteiger partial charge in [0.05, 0.1) is 13.2 Å². The Morgan fingerprint density at radius 3 is 1.30 bits per heavy atom. The molecule has 2 aliphatic rings. The van der Waals surface area contributed by atoms with Gasteiger partial charge in [-0.3, -0.25) is 0 Å². The third-order valence-corrected chi connectivity index (χ3v) is 26.3. The van der Waals surface area contributed by atoms with Gasteiger partial charge in [0.2, 0.25) is 0 Å². The van der Waals surface area contributed by atoms with Gasteiger partial charge in [0, 0.05) is 0 Å². The van der Waals surface area contributed by atoms with Crippen LogP contribution in [0.3, 0.4) is 0 Å². The van der Waals surface area contributed by atoms with E-state index in [4.69, 9.17) is 27.2 Å². The first kappa shape index (κ1) is 53.6. The maximum atomic E-state index is 7.28. The molecule has 2 aliphatic heterocycles. The summed E-state index contributed by atoms with van der Waals surface area (Å²) < 4.78 is 36.8. The molecule has 0 bridgehead atoms. The second-order valence-electron chi connectivity index (χ2n) is 20.3. The summed E-state index contributed by atoms with van der Waals surface area (Å²) in [4.78, 5) is 0. The first-order chi connectivity index (χ1) is 30.4. The topological polar surface area (TPSA) is 62.0 Å². The van der Waals surface area contributed by atoms with Crippen LogP contribution in [0.1, 0.15) is 153 Å². The summed E-state index contributed by atoms with van der Waals surface area (Å²) in [5, 5.41) is 0. The van der Waals surface area contributed by atoms with Gasteiger partial charge in [-0.15, -0.1) is 0 Å². The smallest absolute Gasteiger partial charge is 0.311 e. The van der Waals surface area contributed by atoms with Crippen LogP contribution < -0.4 is 9.47 Å². The fourth-order valence-electron chi connectivity index (χ4n) is 9.43. The van der Waals surface area contributed by atoms with Crippen molar-refractivity contribution in [2.75, 3.05) is 26.4 Å². The number of ether oxygens (including phenoxy) is 4. The Hall–Kier alpha value is -1.99. The number of aryl methyl sites for hydroxylation is 2. The van der Waals surface area contributed by atoms with Crippen LogP contribution in [0.15, 0.2) is 72.8 Å². The summed E-state index contributed by atoms with van der Waals surface area (Å²) in [6.07, 6.45) is 37.9. The molecule has 0 saturated carbocycles. The summed E-state index contributed by atoms with van der Waals surface area (Å²) in [5.41, 5.74) is 4.10. The summed E-state index contributed by atoms with van der Waals surface area (Å²) >= 11 is 0. The van der Waals surface area contributed by atoms with Gasteiger partial charge >= 0.3 is 8.56 Å². The molecule has 63 heavy (non-hydrogen) atoms. The van der Waals surface area contributed by atoms with E-state index >= 15 is 0 Å². The van der Waals surface area contributed by atoms with Crippen molar-refractivity contribution in [3.8, 4) is 11.5 Å². The lowest BCUT2D eigenvalue weighted by Crippen LogP contribution is -2.55. The molecule has 2 aromatic rings. The van der Waals surface area contributed by atoms with E-state index in [9.17, 15) is 0 Å². The van der Waals surface area contributed by atoms with Crippen molar-refractivity contribution in [1.82, 2.24) is 0 Å². The maximum Gasteiger partial charge on any atom is 0.311 e. The first-order valence-electron chi connectivity index (χ1n) is 25.8. The molecule has 0 radical (unpaired) electrons. The Morgan fingerprint density at radius 1 is 0.524 bits per heavy atom. The predicted molar refractivity (Wildman–Crippen MR) is 275 cm³/mol. The van der Waals surface area contributed by atoms with Crippen LogP contribution in [-0.2, 0) is 30.5 Å². The van der Waals surface area contributed by atoms with Crippen LogP contribution in [0.2, 0.25) is 50.4 Å². The van der Waals surface area contributed by atoms with Gasteiger partial charge in [0.15, 0.2) is 16.6 Å². The van der Waals surface area contributed by atoms with Gasteiger partial charge in [-0.1, -0.05) is 127 Å². The average molecular weight is 922 g/mol. The van der Waals surface area contributed by atoms with E-state index in [2.05, 4.69) is 126 Å². The van der Waals surface area contributed by atoms with Crippen LogP contribution in [0.25, 0.3) is 0 Å². The van der Waals surface area contributed by atoms with E-state index in [1.807, 2.05) is 0 Å². The van der Waals surface area contributed by atoms with E-state index in [1.54, 1.807) is 0 Å². The second-order valence-corrected chi connectivity index (χ2v) is 32.8. The second kappa shape index (κ2) is 29.6. The number of allylic oxidation sites excluding steroid dienone is 4. The number of unbranched alkanes of at least 4 members (excludes halogenated alkanes) is 10. The number of hydrogen-bond acceptors (Lipinski definition) is 6. The van der Waals surface area contributed by atoms with Crippen LogP contribution >= 0.6 is 0 Å². The molecular weight excluding hydrogens is 829 g/mol. The Labute approximate surface area is 390 Å². The summed E-state index contributed by atoms with van der Waals surface area (Å²) in [6, 6.07) is 17.2. The molecule has 0 N–H and O–H groups in total. The fraction of sp³-hybridized carbons (Fsp3) is 0.704. The van der Waals surface area contributed by atoms with Gasteiger partial charge in [-0.25, -0.2) is 0 Å². The molecule has 0 aromatic heterocycles. The molecule has 0 aliphatic carbocycles. The van der Waals surface area contributed by atoms with Crippen molar-refractivity contribution in [1.29, 1.82) is 0 Å². The standard InChI is InChI=1S/C54H92O6Si3/c1-9-31-53(39-27-23-19-15-11-13-17-21-25-33-47-35-29-37-49(41-47)55-43-51-45-57-51)61(3,4)59-63(7,8)60-62(5,6)54(32-10-2)40-28-24-20-16-12-14-18-22-26-34-48-36-30-38-50(42-48)56-44-52-46-58-52/h19-20,23-24,29-30,35-38,41-42,51-54H,9-18,21-22,25-28,31-34,39-40,43-46H2,1-8H3/b23-19-,24-20-. The van der Waals surface area contributed by atoms with E-state index in [0.717, 1.165) is 37.6 Å². The van der Waals surface area contributed by atoms with Crippen LogP contribution in [0, 0.1) is 0 Å². The van der Waals surface area contributed by atoms with Crippen LogP contribution in [0.5, 0.6) is 11.5 Å². The lowest BCUT2D eigenvalue weighted by molar-refractivity contribution is 0.263. The SMILES string of the molecule is CCCC(CC/C=C\CCCCCCCc1cccc(OCC2CO2)c1)[Si](C)(C)O[Si](C)(C)O[Si](C)(C)C(CCC)CC/C=C\CCCCCCCc1cccc(OCC2CO2)c1. The van der Waals surface area contributed by atoms with E-state index in [1.165, 1.54) is 140 Å². The molecular formula is C54H92O6Si3. The number of benzene rings is 2. The molecule has 4 atom stereocenters. The minimum Gasteiger partial charge on any atom is -0.491 e. The number of epoxide rings is 2. The van der Waals surface area contributed by atoms with Crippen molar-refractivity contribution < 1.29 is 27.2 Å². The third-order valence-electron chi connectivity index (χ3n) is 13.1. The first-order valence-corrected chi connectivity index (χ1v) is 34.5. The third kappa shape index (κ3) is 23.9. The van der Waals surface area contributed by atoms with Crippen molar-refractivity contribution in [2.45, 2.75) is 218 Å². The van der Waals surface area contributed by atoms with Gasteiger partial charge in [-0.2, -0.15) is 0 Å². The molecule has 0 spiro atoms. The van der Waals surface area contributed by atoms with Crippen molar-refractivity contribution in [3.63, 3.8) is 0 Å². The highest BCUT2D eigenvalue weighted by Crippen LogP contribution is 2.39. The van der Waals surface area contributed by atoms with Gasteiger partial charge in [0.1, 0.15) is 36.9 Å². The van der Waals surface area contributed by atoms with Gasteiger partial charge < -0.3 is 27.2 Å². The molecule has 4 unspecified atom stereocenters. The maximum absolute atomic E-state index is 7.28. The highest BCUT2D eigenvalue weighted by molar-refractivity contribution is 6.88. The lowest BCUT2D eigenvalue weighted by atomic mass is 10.0. The average Bonchev–Trinajstić information content (AvgIpc) is 4.18. The molecule has 2 aromatic carbocycles. The Kier molecular flexibility index (Phi) is 25.2. The zero-order chi connectivity index (χ0) is 45.2. The zero-order valence-corrected chi connectivity index (χ0v) is 44.6. The molecule has 2 saturated heterocycles. The zero-order valence-electron chi connectivity index (χ0n) is 41.6. The van der Waals surface area contributed by atoms with Crippen molar-refractivity contribution in [3.05, 3.63) is 84.0 Å². The Morgan fingerprint density at radius 2 is 0.905 bits per heavy atom. The van der Waals surface area contributed by atoms with Crippen LogP contribution in [-0.4, -0.2) is 63.8 Å². The summed E-state index contributed by atoms with van der Waals surface area (Å²) in [6.45, 7) is 22.3.